The van der Waals surface area contributed by atoms with Crippen molar-refractivity contribution in [2.45, 2.75) is 45.8 Å². The Bertz CT molecular complexity index is 627. The number of benzene rings is 2. The van der Waals surface area contributed by atoms with Crippen LogP contribution in [0.25, 0.3) is 0 Å². The van der Waals surface area contributed by atoms with Gasteiger partial charge in [0.15, 0.2) is 6.10 Å². The maximum absolute atomic E-state index is 12.1. The summed E-state index contributed by atoms with van der Waals surface area (Å²) in [6.45, 7) is 8.78. The van der Waals surface area contributed by atoms with E-state index in [2.05, 4.69) is 26.1 Å². The Labute approximate surface area is 138 Å². The van der Waals surface area contributed by atoms with Crippen LogP contribution >= 0.6 is 0 Å². The lowest BCUT2D eigenvalue weighted by Crippen LogP contribution is -2.35. The summed E-state index contributed by atoms with van der Waals surface area (Å²) < 4.78 is 5.72. The van der Waals surface area contributed by atoms with Crippen LogP contribution in [0.15, 0.2) is 54.6 Å². The van der Waals surface area contributed by atoms with Gasteiger partial charge in [0.05, 0.1) is 0 Å². The Morgan fingerprint density at radius 1 is 1.04 bits per heavy atom. The third-order valence-corrected chi connectivity index (χ3v) is 3.71. The molecule has 0 aliphatic carbocycles. The minimum absolute atomic E-state index is 0.108. The second-order valence-corrected chi connectivity index (χ2v) is 6.74. The number of nitrogens with one attached hydrogen (secondary N) is 1. The van der Waals surface area contributed by atoms with Crippen molar-refractivity contribution in [1.29, 1.82) is 0 Å². The molecule has 0 radical (unpaired) electrons. The summed E-state index contributed by atoms with van der Waals surface area (Å²) in [5.74, 6) is 0.592. The van der Waals surface area contributed by atoms with E-state index in [1.54, 1.807) is 6.92 Å². The molecule has 0 aliphatic rings. The third-order valence-electron chi connectivity index (χ3n) is 3.71. The molecule has 0 saturated carbocycles. The highest BCUT2D eigenvalue weighted by Gasteiger charge is 2.16. The van der Waals surface area contributed by atoms with E-state index in [1.807, 2.05) is 54.6 Å². The molecule has 0 fully saturated rings. The summed E-state index contributed by atoms with van der Waals surface area (Å²) in [5, 5.41) is 2.89. The highest BCUT2D eigenvalue weighted by molar-refractivity contribution is 5.80. The van der Waals surface area contributed by atoms with Crippen LogP contribution < -0.4 is 10.1 Å². The zero-order valence-electron chi connectivity index (χ0n) is 14.3. The average molecular weight is 311 g/mol. The van der Waals surface area contributed by atoms with Gasteiger partial charge in [0.2, 0.25) is 0 Å². The van der Waals surface area contributed by atoms with Crippen molar-refractivity contribution in [1.82, 2.24) is 5.32 Å². The van der Waals surface area contributed by atoms with Gasteiger partial charge in [-0.2, -0.15) is 0 Å². The molecule has 122 valence electrons. The summed E-state index contributed by atoms with van der Waals surface area (Å²) in [5.41, 5.74) is 2.42. The predicted octanol–water partition coefficient (Wildman–Crippen LogP) is 4.07. The van der Waals surface area contributed by atoms with Gasteiger partial charge < -0.3 is 10.1 Å². The zero-order chi connectivity index (χ0) is 16.9. The number of rotatable bonds is 5. The molecular weight excluding hydrogens is 286 g/mol. The number of hydrogen-bond acceptors (Lipinski definition) is 2. The molecule has 0 spiro atoms. The first-order valence-corrected chi connectivity index (χ1v) is 7.95. The molecule has 2 aromatic carbocycles. The standard InChI is InChI=1S/C20H25NO2/c1-15(19(22)21-14-16-8-6-5-7-9-16)23-18-12-10-17(11-13-18)20(2,3)4/h5-13,15H,14H2,1-4H3,(H,21,22)/t15-/m1/s1. The molecule has 3 heteroatoms. The zero-order valence-corrected chi connectivity index (χ0v) is 14.3. The highest BCUT2D eigenvalue weighted by Crippen LogP contribution is 2.24. The SMILES string of the molecule is C[C@@H](Oc1ccc(C(C)(C)C)cc1)C(=O)NCc1ccccc1. The molecule has 1 atom stereocenters. The second kappa shape index (κ2) is 7.32. The molecule has 0 aliphatic heterocycles. The van der Waals surface area contributed by atoms with Crippen molar-refractivity contribution in [3.8, 4) is 5.75 Å². The first-order valence-electron chi connectivity index (χ1n) is 7.95. The van der Waals surface area contributed by atoms with Gasteiger partial charge in [-0.3, -0.25) is 4.79 Å². The molecule has 23 heavy (non-hydrogen) atoms. The first kappa shape index (κ1) is 17.1. The molecule has 0 heterocycles. The summed E-state index contributed by atoms with van der Waals surface area (Å²) in [6, 6.07) is 17.8. The number of carbonyl (C=O) groups excluding carboxylic acids is 1. The molecule has 0 unspecified atom stereocenters. The molecule has 2 aromatic rings. The van der Waals surface area contributed by atoms with E-state index in [0.717, 1.165) is 5.56 Å². The van der Waals surface area contributed by atoms with Crippen molar-refractivity contribution < 1.29 is 9.53 Å². The molecular formula is C20H25NO2. The van der Waals surface area contributed by atoms with Gasteiger partial charge in [0.25, 0.3) is 5.91 Å². The van der Waals surface area contributed by atoms with Crippen LogP contribution in [0.3, 0.4) is 0 Å². The molecule has 0 aromatic heterocycles. The van der Waals surface area contributed by atoms with E-state index in [0.29, 0.717) is 12.3 Å². The predicted molar refractivity (Wildman–Crippen MR) is 93.5 cm³/mol. The molecule has 0 saturated heterocycles. The van der Waals surface area contributed by atoms with Crippen LogP contribution in [0.4, 0.5) is 0 Å². The monoisotopic (exact) mass is 311 g/mol. The van der Waals surface area contributed by atoms with E-state index in [1.165, 1.54) is 5.56 Å². The summed E-state index contributed by atoms with van der Waals surface area (Å²) in [7, 11) is 0. The fourth-order valence-electron chi connectivity index (χ4n) is 2.22. The lowest BCUT2D eigenvalue weighted by Gasteiger charge is -2.20. The van der Waals surface area contributed by atoms with Gasteiger partial charge in [-0.15, -0.1) is 0 Å². The number of carbonyl (C=O) groups is 1. The third kappa shape index (κ3) is 5.13. The maximum atomic E-state index is 12.1. The summed E-state index contributed by atoms with van der Waals surface area (Å²) >= 11 is 0. The van der Waals surface area contributed by atoms with Gasteiger partial charge in [0.1, 0.15) is 5.75 Å². The van der Waals surface area contributed by atoms with Crippen molar-refractivity contribution in [3.05, 3.63) is 65.7 Å². The molecule has 3 nitrogen and oxygen atoms in total. The van der Waals surface area contributed by atoms with E-state index in [9.17, 15) is 4.79 Å². The Morgan fingerprint density at radius 2 is 1.65 bits per heavy atom. The average Bonchev–Trinajstić information content (AvgIpc) is 2.53. The fraction of sp³-hybridized carbons (Fsp3) is 0.350. The van der Waals surface area contributed by atoms with Gasteiger partial charge in [-0.05, 0) is 35.6 Å². The van der Waals surface area contributed by atoms with Crippen LogP contribution in [0.1, 0.15) is 38.8 Å². The Morgan fingerprint density at radius 3 is 2.22 bits per heavy atom. The summed E-state index contributed by atoms with van der Waals surface area (Å²) in [4.78, 5) is 12.1. The van der Waals surface area contributed by atoms with E-state index < -0.39 is 6.10 Å². The van der Waals surface area contributed by atoms with Gasteiger partial charge in [-0.1, -0.05) is 63.2 Å². The van der Waals surface area contributed by atoms with Gasteiger partial charge in [-0.25, -0.2) is 0 Å². The number of ether oxygens (including phenoxy) is 1. The topological polar surface area (TPSA) is 38.3 Å². The Balaban J connectivity index is 1.88. The first-order chi connectivity index (χ1) is 10.9. The van der Waals surface area contributed by atoms with Crippen molar-refractivity contribution in [2.75, 3.05) is 0 Å². The van der Waals surface area contributed by atoms with E-state index in [4.69, 9.17) is 4.74 Å². The molecule has 1 amide bonds. The minimum Gasteiger partial charge on any atom is -0.481 e. The molecule has 2 rings (SSSR count). The van der Waals surface area contributed by atoms with Crippen LogP contribution in [-0.2, 0) is 16.8 Å². The lowest BCUT2D eigenvalue weighted by molar-refractivity contribution is -0.127. The Hall–Kier alpha value is -2.29. The van der Waals surface area contributed by atoms with E-state index in [-0.39, 0.29) is 11.3 Å². The van der Waals surface area contributed by atoms with Crippen LogP contribution in [0.5, 0.6) is 5.75 Å². The van der Waals surface area contributed by atoms with Crippen LogP contribution in [-0.4, -0.2) is 12.0 Å². The fourth-order valence-corrected chi connectivity index (χ4v) is 2.22. The maximum Gasteiger partial charge on any atom is 0.261 e. The van der Waals surface area contributed by atoms with Crippen molar-refractivity contribution in [3.63, 3.8) is 0 Å². The molecule has 0 bridgehead atoms. The second-order valence-electron chi connectivity index (χ2n) is 6.74. The van der Waals surface area contributed by atoms with Crippen LogP contribution in [0, 0.1) is 0 Å². The van der Waals surface area contributed by atoms with E-state index >= 15 is 0 Å². The highest BCUT2D eigenvalue weighted by atomic mass is 16.5. The quantitative estimate of drug-likeness (QED) is 0.904. The largest absolute Gasteiger partial charge is 0.481 e. The van der Waals surface area contributed by atoms with Crippen molar-refractivity contribution in [2.24, 2.45) is 0 Å². The smallest absolute Gasteiger partial charge is 0.261 e. The summed E-state index contributed by atoms with van der Waals surface area (Å²) in [6.07, 6.45) is -0.529. The van der Waals surface area contributed by atoms with Crippen LogP contribution in [0.2, 0.25) is 0 Å². The molecule has 1 N–H and O–H groups in total. The number of hydrogen-bond donors (Lipinski definition) is 1. The van der Waals surface area contributed by atoms with Gasteiger partial charge >= 0.3 is 0 Å². The number of amides is 1. The lowest BCUT2D eigenvalue weighted by atomic mass is 9.87. The van der Waals surface area contributed by atoms with Gasteiger partial charge in [0, 0.05) is 6.54 Å². The van der Waals surface area contributed by atoms with Crippen molar-refractivity contribution >= 4 is 5.91 Å². The normalized spacial score (nSPS) is 12.5. The Kier molecular flexibility index (Phi) is 5.43. The minimum atomic E-state index is -0.529.